The van der Waals surface area contributed by atoms with Gasteiger partial charge in [0.05, 0.1) is 18.1 Å². The summed E-state index contributed by atoms with van der Waals surface area (Å²) in [6.45, 7) is -0.439. The maximum Gasteiger partial charge on any atom is 0.573 e. The van der Waals surface area contributed by atoms with Crippen LogP contribution in [-0.4, -0.2) is 60.2 Å². The molecule has 0 unspecified atom stereocenters. The molecule has 0 bridgehead atoms. The van der Waals surface area contributed by atoms with E-state index in [9.17, 15) is 32.3 Å². The van der Waals surface area contributed by atoms with Crippen molar-refractivity contribution in [1.82, 2.24) is 10.2 Å². The van der Waals surface area contributed by atoms with E-state index in [-0.39, 0.29) is 22.8 Å². The van der Waals surface area contributed by atoms with E-state index < -0.39 is 36.1 Å². The molecule has 4 amide bonds. The summed E-state index contributed by atoms with van der Waals surface area (Å²) in [5.41, 5.74) is 1.01. The molecule has 14 heteroatoms. The van der Waals surface area contributed by atoms with Crippen LogP contribution in [0.3, 0.4) is 0 Å². The Morgan fingerprint density at radius 3 is 2.24 bits per heavy atom. The molecule has 2 aliphatic rings. The lowest BCUT2D eigenvalue weighted by Crippen LogP contribution is -2.41. The van der Waals surface area contributed by atoms with Crippen LogP contribution in [0.2, 0.25) is 0 Å². The van der Waals surface area contributed by atoms with Crippen molar-refractivity contribution >= 4 is 46.7 Å². The van der Waals surface area contributed by atoms with Crippen LogP contribution in [0.15, 0.2) is 53.4 Å². The zero-order chi connectivity index (χ0) is 29.6. The van der Waals surface area contributed by atoms with Crippen molar-refractivity contribution in [1.29, 1.82) is 0 Å². The lowest BCUT2D eigenvalue weighted by atomic mass is 9.93. The van der Waals surface area contributed by atoms with Gasteiger partial charge >= 0.3 is 18.4 Å². The maximum absolute atomic E-state index is 12.5. The lowest BCUT2D eigenvalue weighted by molar-refractivity contribution is -0.274. The van der Waals surface area contributed by atoms with Gasteiger partial charge in [-0.1, -0.05) is 12.1 Å². The number of urea groups is 1. The van der Waals surface area contributed by atoms with Gasteiger partial charge in [-0.25, -0.2) is 4.79 Å². The van der Waals surface area contributed by atoms with Gasteiger partial charge in [0.1, 0.15) is 18.0 Å². The number of rotatable bonds is 8. The van der Waals surface area contributed by atoms with Crippen LogP contribution in [0.5, 0.6) is 11.5 Å². The minimum Gasteiger partial charge on any atom is -0.490 e. The van der Waals surface area contributed by atoms with Crippen LogP contribution in [0, 0.1) is 0 Å². The monoisotopic (exact) mass is 593 g/mol. The van der Waals surface area contributed by atoms with E-state index >= 15 is 0 Å². The van der Waals surface area contributed by atoms with Gasteiger partial charge in [-0.05, 0) is 85.5 Å². The molecular formula is C27H26F3N3O7S. The summed E-state index contributed by atoms with van der Waals surface area (Å²) in [7, 11) is 1.18. The number of carbonyl (C=O) groups is 4. The number of thioether (sulfide) groups is 1. The summed E-state index contributed by atoms with van der Waals surface area (Å²) in [6, 6.07) is 11.3. The molecule has 1 aliphatic heterocycles. The van der Waals surface area contributed by atoms with Crippen molar-refractivity contribution in [3.8, 4) is 11.5 Å². The average molecular weight is 594 g/mol. The molecule has 1 aliphatic carbocycles. The van der Waals surface area contributed by atoms with E-state index in [1.165, 1.54) is 19.2 Å². The quantitative estimate of drug-likeness (QED) is 0.312. The number of nitrogens with one attached hydrogen (secondary N) is 2. The third-order valence-corrected chi connectivity index (χ3v) is 7.13. The fourth-order valence-electron chi connectivity index (χ4n) is 4.23. The largest absolute Gasteiger partial charge is 0.573 e. The third kappa shape index (κ3) is 8.64. The summed E-state index contributed by atoms with van der Waals surface area (Å²) >= 11 is 0.751. The van der Waals surface area contributed by atoms with E-state index in [0.29, 0.717) is 42.7 Å². The van der Waals surface area contributed by atoms with Crippen molar-refractivity contribution in [2.45, 2.75) is 44.2 Å². The first-order valence-electron chi connectivity index (χ1n) is 12.5. The number of halogens is 3. The summed E-state index contributed by atoms with van der Waals surface area (Å²) in [6.07, 6.45) is -0.526. The molecule has 2 N–H and O–H groups in total. The van der Waals surface area contributed by atoms with Crippen LogP contribution in [0.1, 0.15) is 31.2 Å². The molecule has 2 aromatic carbocycles. The van der Waals surface area contributed by atoms with E-state index in [1.54, 1.807) is 30.3 Å². The number of hydrogen-bond donors (Lipinski definition) is 2. The van der Waals surface area contributed by atoms with Crippen LogP contribution in [0.4, 0.5) is 28.4 Å². The Balaban J connectivity index is 1.21. The standard InChI is InChI=1S/C27H26F3N3O7S/c1-38-23(34)15-33-24(35)22(41-26(33)37)14-16-2-8-19(9-3-16)39-20-10-4-17(5-11-20)31-25(36)32-18-6-12-21(13-7-18)40-27(28,29)30/h2-3,6-9,12-14,17,20H,4-5,10-11,15H2,1H3,(H2,31,32,36)/b22-14-. The second-order valence-corrected chi connectivity index (χ2v) is 10.2. The number of alkyl halides is 3. The highest BCUT2D eigenvalue weighted by molar-refractivity contribution is 8.18. The SMILES string of the molecule is COC(=O)CN1C(=O)S/C(=C\c2ccc(OC3CCC(NC(=O)Nc4ccc(OC(F)(F)F)cc4)CC3)cc2)C1=O. The first kappa shape index (κ1) is 29.8. The van der Waals surface area contributed by atoms with Gasteiger partial charge in [-0.15, -0.1) is 13.2 Å². The van der Waals surface area contributed by atoms with Crippen molar-refractivity contribution in [3.63, 3.8) is 0 Å². The molecule has 0 aromatic heterocycles. The number of ether oxygens (including phenoxy) is 3. The third-order valence-electron chi connectivity index (χ3n) is 6.22. The van der Waals surface area contributed by atoms with Gasteiger partial charge in [0.25, 0.3) is 11.1 Å². The highest BCUT2D eigenvalue weighted by atomic mass is 32.2. The van der Waals surface area contributed by atoms with Crippen molar-refractivity contribution in [3.05, 3.63) is 59.0 Å². The number of amides is 4. The van der Waals surface area contributed by atoms with Crippen molar-refractivity contribution in [2.24, 2.45) is 0 Å². The van der Waals surface area contributed by atoms with E-state index in [2.05, 4.69) is 20.1 Å². The lowest BCUT2D eigenvalue weighted by Gasteiger charge is -2.29. The van der Waals surface area contributed by atoms with Crippen LogP contribution in [-0.2, 0) is 14.3 Å². The molecular weight excluding hydrogens is 567 g/mol. The molecule has 0 radical (unpaired) electrons. The number of benzene rings is 2. The normalized spacial score (nSPS) is 20.1. The number of anilines is 1. The number of hydrogen-bond acceptors (Lipinski definition) is 8. The zero-order valence-electron chi connectivity index (χ0n) is 21.7. The van der Waals surface area contributed by atoms with Crippen molar-refractivity contribution in [2.75, 3.05) is 19.0 Å². The van der Waals surface area contributed by atoms with Gasteiger partial charge in [-0.3, -0.25) is 19.3 Å². The minimum absolute atomic E-state index is 0.0574. The second kappa shape index (κ2) is 13.0. The number of methoxy groups -OCH3 is 1. The Bertz CT molecular complexity index is 1310. The maximum atomic E-state index is 12.5. The smallest absolute Gasteiger partial charge is 0.490 e. The highest BCUT2D eigenvalue weighted by Crippen LogP contribution is 2.33. The molecule has 2 aromatic rings. The molecule has 218 valence electrons. The molecule has 0 atom stereocenters. The predicted octanol–water partition coefficient (Wildman–Crippen LogP) is 5.31. The van der Waals surface area contributed by atoms with Gasteiger partial charge in [0, 0.05) is 11.7 Å². The summed E-state index contributed by atoms with van der Waals surface area (Å²) < 4.78 is 51.2. The Hall–Kier alpha value is -4.20. The average Bonchev–Trinajstić information content (AvgIpc) is 3.18. The molecule has 0 spiro atoms. The summed E-state index contributed by atoms with van der Waals surface area (Å²) in [5, 5.41) is 4.92. The Morgan fingerprint density at radius 2 is 1.63 bits per heavy atom. The van der Waals surface area contributed by atoms with Gasteiger partial charge in [0.15, 0.2) is 0 Å². The minimum atomic E-state index is -4.79. The van der Waals surface area contributed by atoms with Gasteiger partial charge in [0.2, 0.25) is 0 Å². The zero-order valence-corrected chi connectivity index (χ0v) is 22.5. The number of carbonyl (C=O) groups excluding carboxylic acids is 4. The molecule has 1 saturated heterocycles. The van der Waals surface area contributed by atoms with Crippen LogP contribution >= 0.6 is 11.8 Å². The predicted molar refractivity (Wildman–Crippen MR) is 143 cm³/mol. The fraction of sp³-hybridized carbons (Fsp3) is 0.333. The first-order valence-corrected chi connectivity index (χ1v) is 13.3. The second-order valence-electron chi connectivity index (χ2n) is 9.18. The molecule has 1 saturated carbocycles. The highest BCUT2D eigenvalue weighted by Gasteiger charge is 2.36. The van der Waals surface area contributed by atoms with E-state index in [1.807, 2.05) is 0 Å². The number of imide groups is 1. The number of nitrogens with zero attached hydrogens (tertiary/aromatic N) is 1. The fourth-order valence-corrected chi connectivity index (χ4v) is 5.07. The molecule has 41 heavy (non-hydrogen) atoms. The summed E-state index contributed by atoms with van der Waals surface area (Å²) in [4.78, 5) is 49.3. The topological polar surface area (TPSA) is 123 Å². The molecule has 1 heterocycles. The van der Waals surface area contributed by atoms with Crippen LogP contribution < -0.4 is 20.1 Å². The van der Waals surface area contributed by atoms with E-state index in [0.717, 1.165) is 28.8 Å². The Labute approximate surface area is 237 Å². The Morgan fingerprint density at radius 1 is 1.00 bits per heavy atom. The first-order chi connectivity index (χ1) is 19.5. The Kier molecular flexibility index (Phi) is 9.42. The molecule has 2 fully saturated rings. The van der Waals surface area contributed by atoms with Gasteiger partial charge in [-0.2, -0.15) is 0 Å². The number of esters is 1. The van der Waals surface area contributed by atoms with Crippen molar-refractivity contribution < 1.29 is 46.6 Å². The van der Waals surface area contributed by atoms with Crippen LogP contribution in [0.25, 0.3) is 6.08 Å². The summed E-state index contributed by atoms with van der Waals surface area (Å²) in [5.74, 6) is -0.988. The molecule has 10 nitrogen and oxygen atoms in total. The van der Waals surface area contributed by atoms with E-state index in [4.69, 9.17) is 4.74 Å². The van der Waals surface area contributed by atoms with Gasteiger partial charge < -0.3 is 24.8 Å². The molecule has 4 rings (SSSR count).